The molecule has 1 aromatic carbocycles. The Balaban J connectivity index is 2.14. The Morgan fingerprint density at radius 1 is 1.12 bits per heavy atom. The standard InChI is InChI=1S/C11H8N2O2S/c14-10(15)8-6-12-11(13-7-8)16-9-4-2-1-3-5-9/h1-7H,(H,14,15). The van der Waals surface area contributed by atoms with Gasteiger partial charge in [0.2, 0.25) is 0 Å². The van der Waals surface area contributed by atoms with Gasteiger partial charge in [-0.15, -0.1) is 0 Å². The molecule has 0 unspecified atom stereocenters. The summed E-state index contributed by atoms with van der Waals surface area (Å²) in [5, 5.41) is 9.22. The molecule has 4 nitrogen and oxygen atoms in total. The van der Waals surface area contributed by atoms with Gasteiger partial charge in [0.1, 0.15) is 0 Å². The fourth-order valence-electron chi connectivity index (χ4n) is 1.07. The van der Waals surface area contributed by atoms with Gasteiger partial charge in [-0.2, -0.15) is 0 Å². The lowest BCUT2D eigenvalue weighted by Crippen LogP contribution is -1.98. The Kier molecular flexibility index (Phi) is 3.16. The van der Waals surface area contributed by atoms with Crippen molar-refractivity contribution in [3.8, 4) is 0 Å². The molecule has 1 N–H and O–H groups in total. The van der Waals surface area contributed by atoms with Crippen molar-refractivity contribution >= 4 is 17.7 Å². The number of hydrogen-bond donors (Lipinski definition) is 1. The third kappa shape index (κ3) is 2.58. The quantitative estimate of drug-likeness (QED) is 0.823. The molecule has 16 heavy (non-hydrogen) atoms. The summed E-state index contributed by atoms with van der Waals surface area (Å²) in [5.74, 6) is -1.02. The third-order valence-electron chi connectivity index (χ3n) is 1.83. The molecule has 2 rings (SSSR count). The summed E-state index contributed by atoms with van der Waals surface area (Å²) in [7, 11) is 0. The molecule has 0 spiro atoms. The third-order valence-corrected chi connectivity index (χ3v) is 2.73. The summed E-state index contributed by atoms with van der Waals surface area (Å²) < 4.78 is 0. The van der Waals surface area contributed by atoms with Gasteiger partial charge in [-0.25, -0.2) is 14.8 Å². The van der Waals surface area contributed by atoms with Gasteiger partial charge in [-0.1, -0.05) is 18.2 Å². The van der Waals surface area contributed by atoms with Crippen molar-refractivity contribution in [2.24, 2.45) is 0 Å². The Morgan fingerprint density at radius 2 is 1.75 bits per heavy atom. The molecule has 0 atom stereocenters. The van der Waals surface area contributed by atoms with Crippen molar-refractivity contribution in [1.29, 1.82) is 0 Å². The maximum Gasteiger partial charge on any atom is 0.338 e. The molecule has 1 aromatic heterocycles. The normalized spacial score (nSPS) is 10.0. The Labute approximate surface area is 96.4 Å². The molecule has 0 radical (unpaired) electrons. The van der Waals surface area contributed by atoms with Crippen molar-refractivity contribution < 1.29 is 9.90 Å². The molecular weight excluding hydrogens is 224 g/mol. The Morgan fingerprint density at radius 3 is 2.31 bits per heavy atom. The summed E-state index contributed by atoms with van der Waals surface area (Å²) in [4.78, 5) is 19.5. The monoisotopic (exact) mass is 232 g/mol. The van der Waals surface area contributed by atoms with E-state index in [0.29, 0.717) is 5.16 Å². The predicted octanol–water partition coefficient (Wildman–Crippen LogP) is 2.33. The first kappa shape index (κ1) is 10.6. The topological polar surface area (TPSA) is 63.1 Å². The minimum atomic E-state index is -1.02. The van der Waals surface area contributed by atoms with Gasteiger partial charge in [0.05, 0.1) is 5.56 Å². The largest absolute Gasteiger partial charge is 0.478 e. The molecule has 0 saturated heterocycles. The maximum absolute atomic E-state index is 10.6. The van der Waals surface area contributed by atoms with E-state index >= 15 is 0 Å². The first-order valence-corrected chi connectivity index (χ1v) is 5.35. The SMILES string of the molecule is O=C(O)c1cnc(Sc2ccccc2)nc1. The molecular formula is C11H8N2O2S. The first-order valence-electron chi connectivity index (χ1n) is 4.54. The molecule has 0 aliphatic rings. The molecule has 5 heteroatoms. The van der Waals surface area contributed by atoms with E-state index in [1.165, 1.54) is 24.2 Å². The minimum Gasteiger partial charge on any atom is -0.478 e. The van der Waals surface area contributed by atoms with Crippen LogP contribution in [0, 0.1) is 0 Å². The van der Waals surface area contributed by atoms with Crippen LogP contribution in [0.25, 0.3) is 0 Å². The van der Waals surface area contributed by atoms with E-state index < -0.39 is 5.97 Å². The minimum absolute atomic E-state index is 0.0948. The number of carbonyl (C=O) groups is 1. The highest BCUT2D eigenvalue weighted by Gasteiger charge is 2.04. The number of aromatic nitrogens is 2. The number of nitrogens with zero attached hydrogens (tertiary/aromatic N) is 2. The zero-order valence-corrected chi connectivity index (χ0v) is 9.02. The van der Waals surface area contributed by atoms with E-state index in [0.717, 1.165) is 4.90 Å². The van der Waals surface area contributed by atoms with Crippen molar-refractivity contribution in [3.05, 3.63) is 48.3 Å². The number of carboxylic acid groups (broad SMARTS) is 1. The second kappa shape index (κ2) is 4.76. The molecule has 2 aromatic rings. The van der Waals surface area contributed by atoms with E-state index in [1.54, 1.807) is 0 Å². The van der Waals surface area contributed by atoms with Gasteiger partial charge in [0.25, 0.3) is 0 Å². The van der Waals surface area contributed by atoms with Crippen LogP contribution in [0.5, 0.6) is 0 Å². The summed E-state index contributed by atoms with van der Waals surface area (Å²) in [6.07, 6.45) is 2.61. The van der Waals surface area contributed by atoms with E-state index in [-0.39, 0.29) is 5.56 Å². The zero-order chi connectivity index (χ0) is 11.4. The van der Waals surface area contributed by atoms with Gasteiger partial charge in [0, 0.05) is 17.3 Å². The second-order valence-corrected chi connectivity index (χ2v) is 4.02. The van der Waals surface area contributed by atoms with Crippen LogP contribution in [0.15, 0.2) is 52.8 Å². The lowest BCUT2D eigenvalue weighted by Gasteiger charge is -1.99. The average Bonchev–Trinajstić information content (AvgIpc) is 2.31. The van der Waals surface area contributed by atoms with Gasteiger partial charge in [0.15, 0.2) is 5.16 Å². The van der Waals surface area contributed by atoms with Crippen LogP contribution in [0.1, 0.15) is 10.4 Å². The fourth-order valence-corrected chi connectivity index (χ4v) is 1.79. The lowest BCUT2D eigenvalue weighted by molar-refractivity contribution is 0.0695. The highest BCUT2D eigenvalue weighted by molar-refractivity contribution is 7.99. The molecule has 0 saturated carbocycles. The van der Waals surface area contributed by atoms with E-state index in [4.69, 9.17) is 5.11 Å². The molecule has 0 fully saturated rings. The second-order valence-electron chi connectivity index (χ2n) is 2.97. The van der Waals surface area contributed by atoms with Crippen molar-refractivity contribution in [2.45, 2.75) is 10.1 Å². The number of hydrogen-bond acceptors (Lipinski definition) is 4. The van der Waals surface area contributed by atoms with Gasteiger partial charge in [-0.3, -0.25) is 0 Å². The van der Waals surface area contributed by atoms with Gasteiger partial charge >= 0.3 is 5.97 Å². The summed E-state index contributed by atoms with van der Waals surface area (Å²) in [5.41, 5.74) is 0.0948. The number of carboxylic acids is 1. The van der Waals surface area contributed by atoms with Crippen LogP contribution >= 0.6 is 11.8 Å². The molecule has 0 amide bonds. The molecule has 0 aliphatic heterocycles. The Hall–Kier alpha value is -1.88. The predicted molar refractivity (Wildman–Crippen MR) is 59.6 cm³/mol. The molecule has 0 aliphatic carbocycles. The Bertz CT molecular complexity index is 485. The van der Waals surface area contributed by atoms with Crippen LogP contribution in [0.4, 0.5) is 0 Å². The molecule has 1 heterocycles. The van der Waals surface area contributed by atoms with Crippen molar-refractivity contribution in [3.63, 3.8) is 0 Å². The average molecular weight is 232 g/mol. The lowest BCUT2D eigenvalue weighted by atomic mass is 10.4. The first-order chi connectivity index (χ1) is 7.75. The smallest absolute Gasteiger partial charge is 0.338 e. The maximum atomic E-state index is 10.6. The molecule has 80 valence electrons. The summed E-state index contributed by atoms with van der Waals surface area (Å²) in [6, 6.07) is 9.67. The van der Waals surface area contributed by atoms with E-state index in [2.05, 4.69) is 9.97 Å². The van der Waals surface area contributed by atoms with Gasteiger partial charge < -0.3 is 5.11 Å². The van der Waals surface area contributed by atoms with Crippen LogP contribution in [-0.4, -0.2) is 21.0 Å². The summed E-state index contributed by atoms with van der Waals surface area (Å²) in [6.45, 7) is 0. The number of aromatic carboxylic acids is 1. The summed E-state index contributed by atoms with van der Waals surface area (Å²) >= 11 is 1.39. The van der Waals surface area contributed by atoms with Crippen LogP contribution in [0.2, 0.25) is 0 Å². The van der Waals surface area contributed by atoms with Crippen LogP contribution in [0.3, 0.4) is 0 Å². The zero-order valence-electron chi connectivity index (χ0n) is 8.20. The van der Waals surface area contributed by atoms with Crippen molar-refractivity contribution in [2.75, 3.05) is 0 Å². The number of benzene rings is 1. The highest BCUT2D eigenvalue weighted by Crippen LogP contribution is 2.23. The highest BCUT2D eigenvalue weighted by atomic mass is 32.2. The fraction of sp³-hybridized carbons (Fsp3) is 0. The molecule has 0 bridgehead atoms. The van der Waals surface area contributed by atoms with Crippen LogP contribution < -0.4 is 0 Å². The van der Waals surface area contributed by atoms with Crippen LogP contribution in [-0.2, 0) is 0 Å². The van der Waals surface area contributed by atoms with Crippen molar-refractivity contribution in [1.82, 2.24) is 9.97 Å². The van der Waals surface area contributed by atoms with Gasteiger partial charge in [-0.05, 0) is 23.9 Å². The van der Waals surface area contributed by atoms with E-state index in [1.807, 2.05) is 30.3 Å². The number of rotatable bonds is 3. The van der Waals surface area contributed by atoms with E-state index in [9.17, 15) is 4.79 Å².